The summed E-state index contributed by atoms with van der Waals surface area (Å²) >= 11 is 0. The van der Waals surface area contributed by atoms with Crippen LogP contribution in [0.5, 0.6) is 0 Å². The molecule has 0 aromatic heterocycles. The van der Waals surface area contributed by atoms with E-state index in [9.17, 15) is 0 Å². The normalized spacial score (nSPS) is 25.9. The van der Waals surface area contributed by atoms with Gasteiger partial charge >= 0.3 is 0 Å². The van der Waals surface area contributed by atoms with E-state index in [1.54, 1.807) is 0 Å². The molecule has 4 heteroatoms. The zero-order chi connectivity index (χ0) is 13.7. The molecule has 3 N–H and O–H groups in total. The fraction of sp³-hybridized carbons (Fsp3) is 1.00. The van der Waals surface area contributed by atoms with Gasteiger partial charge in [0.1, 0.15) is 0 Å². The Morgan fingerprint density at radius 3 is 2.21 bits per heavy atom. The molecule has 1 aliphatic carbocycles. The fourth-order valence-corrected chi connectivity index (χ4v) is 4.31. The lowest BCUT2D eigenvalue weighted by Gasteiger charge is -2.50. The van der Waals surface area contributed by atoms with Crippen LogP contribution in [0.2, 0.25) is 0 Å². The van der Waals surface area contributed by atoms with Crippen molar-refractivity contribution in [3.8, 4) is 0 Å². The number of nitrogens with one attached hydrogen (secondary N) is 1. The molecular weight excluding hydrogens is 238 g/mol. The molecule has 0 radical (unpaired) electrons. The van der Waals surface area contributed by atoms with Gasteiger partial charge in [-0.05, 0) is 18.8 Å². The number of morpholine rings is 1. The van der Waals surface area contributed by atoms with Crippen molar-refractivity contribution in [2.24, 2.45) is 11.8 Å². The summed E-state index contributed by atoms with van der Waals surface area (Å²) in [4.78, 5) is 2.67. The number of hydrogen-bond donors (Lipinski definition) is 2. The highest BCUT2D eigenvalue weighted by molar-refractivity contribution is 5.05. The van der Waals surface area contributed by atoms with Crippen LogP contribution in [-0.4, -0.2) is 42.8 Å². The van der Waals surface area contributed by atoms with Gasteiger partial charge in [-0.1, -0.05) is 39.5 Å². The maximum atomic E-state index is 5.99. The van der Waals surface area contributed by atoms with E-state index < -0.39 is 0 Å². The predicted octanol–water partition coefficient (Wildman–Crippen LogP) is 1.90. The van der Waals surface area contributed by atoms with Crippen molar-refractivity contribution in [2.75, 3.05) is 26.3 Å². The van der Waals surface area contributed by atoms with Gasteiger partial charge in [-0.2, -0.15) is 0 Å². The Morgan fingerprint density at radius 2 is 1.74 bits per heavy atom. The number of nitrogens with two attached hydrogens (primary N) is 1. The van der Waals surface area contributed by atoms with E-state index in [0.717, 1.165) is 26.3 Å². The predicted molar refractivity (Wildman–Crippen MR) is 78.8 cm³/mol. The number of ether oxygens (including phenoxy) is 1. The summed E-state index contributed by atoms with van der Waals surface area (Å²) in [6.45, 7) is 8.47. The van der Waals surface area contributed by atoms with Crippen molar-refractivity contribution in [1.29, 1.82) is 0 Å². The minimum absolute atomic E-state index is 0.273. The summed E-state index contributed by atoms with van der Waals surface area (Å²) in [7, 11) is 0. The number of hydrogen-bond acceptors (Lipinski definition) is 4. The fourth-order valence-electron chi connectivity index (χ4n) is 4.31. The van der Waals surface area contributed by atoms with Crippen LogP contribution in [0.1, 0.15) is 52.4 Å². The lowest BCUT2D eigenvalue weighted by atomic mass is 9.76. The zero-order valence-electron chi connectivity index (χ0n) is 12.7. The zero-order valence-corrected chi connectivity index (χ0v) is 12.7. The summed E-state index contributed by atoms with van der Waals surface area (Å²) in [6.07, 6.45) is 7.68. The van der Waals surface area contributed by atoms with Crippen molar-refractivity contribution in [3.63, 3.8) is 0 Å². The van der Waals surface area contributed by atoms with Crippen LogP contribution in [0.4, 0.5) is 0 Å². The molecule has 0 spiro atoms. The molecule has 4 nitrogen and oxygen atoms in total. The van der Waals surface area contributed by atoms with Crippen LogP contribution >= 0.6 is 0 Å². The van der Waals surface area contributed by atoms with E-state index in [-0.39, 0.29) is 5.54 Å². The lowest BCUT2D eigenvalue weighted by Crippen LogP contribution is -2.65. The van der Waals surface area contributed by atoms with Gasteiger partial charge in [0.15, 0.2) is 0 Å². The smallest absolute Gasteiger partial charge is 0.0594 e. The molecule has 0 bridgehead atoms. The molecule has 0 amide bonds. The van der Waals surface area contributed by atoms with Gasteiger partial charge < -0.3 is 4.74 Å². The van der Waals surface area contributed by atoms with Crippen LogP contribution in [0, 0.1) is 5.92 Å². The monoisotopic (exact) mass is 269 g/mol. The van der Waals surface area contributed by atoms with E-state index in [1.165, 1.54) is 38.5 Å². The Labute approximate surface area is 118 Å². The highest BCUT2D eigenvalue weighted by Crippen LogP contribution is 2.41. The highest BCUT2D eigenvalue weighted by atomic mass is 16.5. The van der Waals surface area contributed by atoms with E-state index in [1.807, 2.05) is 0 Å². The number of hydrazine groups is 1. The van der Waals surface area contributed by atoms with Crippen LogP contribution in [0.15, 0.2) is 0 Å². The lowest BCUT2D eigenvalue weighted by molar-refractivity contribution is -0.0454. The summed E-state index contributed by atoms with van der Waals surface area (Å²) in [6, 6.07) is 0.420. The summed E-state index contributed by atoms with van der Waals surface area (Å²) in [5, 5.41) is 0. The average Bonchev–Trinajstić information content (AvgIpc) is 2.96. The molecular formula is C15H31N3O. The third-order valence-electron chi connectivity index (χ3n) is 5.39. The molecule has 19 heavy (non-hydrogen) atoms. The van der Waals surface area contributed by atoms with Gasteiger partial charge in [-0.25, -0.2) is 0 Å². The maximum absolute atomic E-state index is 5.99. The first-order valence-electron chi connectivity index (χ1n) is 8.07. The third-order valence-corrected chi connectivity index (χ3v) is 5.39. The number of nitrogens with zero attached hydrogens (tertiary/aromatic N) is 1. The van der Waals surface area contributed by atoms with Crippen molar-refractivity contribution in [3.05, 3.63) is 0 Å². The largest absolute Gasteiger partial charge is 0.379 e. The van der Waals surface area contributed by atoms with Crippen LogP contribution in [0.3, 0.4) is 0 Å². The minimum atomic E-state index is 0.273. The minimum Gasteiger partial charge on any atom is -0.379 e. The molecule has 1 saturated carbocycles. The summed E-state index contributed by atoms with van der Waals surface area (Å²) in [5.41, 5.74) is 3.47. The second-order valence-corrected chi connectivity index (χ2v) is 6.13. The molecule has 2 aliphatic rings. The van der Waals surface area contributed by atoms with Crippen molar-refractivity contribution < 1.29 is 4.74 Å². The molecule has 2 fully saturated rings. The molecule has 1 unspecified atom stereocenters. The molecule has 112 valence electrons. The van der Waals surface area contributed by atoms with Crippen molar-refractivity contribution >= 4 is 0 Å². The molecule has 1 heterocycles. The molecule has 0 aromatic rings. The Kier molecular flexibility index (Phi) is 5.63. The van der Waals surface area contributed by atoms with Gasteiger partial charge in [0.25, 0.3) is 0 Å². The van der Waals surface area contributed by atoms with Gasteiger partial charge in [-0.3, -0.25) is 16.2 Å². The van der Waals surface area contributed by atoms with Gasteiger partial charge in [0.05, 0.1) is 13.2 Å². The second-order valence-electron chi connectivity index (χ2n) is 6.13. The first-order chi connectivity index (χ1) is 9.28. The molecule has 2 rings (SSSR count). The standard InChI is InChI=1S/C15H31N3O/c1-3-13(4-2)14(17-16)15(7-5-6-8-15)18-9-11-19-12-10-18/h13-14,17H,3-12,16H2,1-2H3. The van der Waals surface area contributed by atoms with Gasteiger partial charge in [-0.15, -0.1) is 0 Å². The molecule has 1 atom stereocenters. The molecule has 0 aromatic carbocycles. The van der Waals surface area contributed by atoms with Crippen molar-refractivity contribution in [1.82, 2.24) is 10.3 Å². The Hall–Kier alpha value is -0.160. The molecule has 1 aliphatic heterocycles. The Bertz CT molecular complexity index is 256. The Balaban J connectivity index is 2.20. The molecule has 1 saturated heterocycles. The second kappa shape index (κ2) is 7.02. The Morgan fingerprint density at radius 1 is 1.16 bits per heavy atom. The van der Waals surface area contributed by atoms with Crippen LogP contribution < -0.4 is 11.3 Å². The van der Waals surface area contributed by atoms with Gasteiger partial charge in [0.2, 0.25) is 0 Å². The van der Waals surface area contributed by atoms with E-state index in [4.69, 9.17) is 10.6 Å². The van der Waals surface area contributed by atoms with E-state index >= 15 is 0 Å². The van der Waals surface area contributed by atoms with Crippen molar-refractivity contribution in [2.45, 2.75) is 64.0 Å². The number of rotatable bonds is 6. The third kappa shape index (κ3) is 2.97. The highest BCUT2D eigenvalue weighted by Gasteiger charge is 2.47. The first kappa shape index (κ1) is 15.2. The van der Waals surface area contributed by atoms with Gasteiger partial charge in [0, 0.05) is 24.7 Å². The first-order valence-corrected chi connectivity index (χ1v) is 8.07. The maximum Gasteiger partial charge on any atom is 0.0594 e. The SMILES string of the molecule is CCC(CC)C(NN)C1(N2CCOCC2)CCCC1. The van der Waals surface area contributed by atoms with E-state index in [2.05, 4.69) is 24.2 Å². The van der Waals surface area contributed by atoms with E-state index in [0.29, 0.717) is 12.0 Å². The topological polar surface area (TPSA) is 50.5 Å². The summed E-state index contributed by atoms with van der Waals surface area (Å²) in [5.74, 6) is 6.66. The van der Waals surface area contributed by atoms with Crippen LogP contribution in [0.25, 0.3) is 0 Å². The summed E-state index contributed by atoms with van der Waals surface area (Å²) < 4.78 is 5.54. The quantitative estimate of drug-likeness (QED) is 0.571. The average molecular weight is 269 g/mol. The van der Waals surface area contributed by atoms with Crippen LogP contribution in [-0.2, 0) is 4.74 Å².